The number of oxazole rings is 1. The van der Waals surface area contributed by atoms with Gasteiger partial charge in [0.05, 0.1) is 23.1 Å². The molecule has 1 fully saturated rings. The van der Waals surface area contributed by atoms with Gasteiger partial charge in [0.25, 0.3) is 0 Å². The highest BCUT2D eigenvalue weighted by molar-refractivity contribution is 7.13. The molecule has 0 aliphatic carbocycles. The lowest BCUT2D eigenvalue weighted by molar-refractivity contribution is -0.121. The van der Waals surface area contributed by atoms with Gasteiger partial charge in [0.2, 0.25) is 11.8 Å². The standard InChI is InChI=1S/C15H18N2O3S/c1-10-12(17-15(20-10)13-5-3-7-21-13)8-14(18)16-9-11-4-2-6-19-11/h3,5,7,11H,2,4,6,8-9H2,1H3,(H,16,18)/t11-/m0/s1. The number of nitrogens with zero attached hydrogens (tertiary/aromatic N) is 1. The van der Waals surface area contributed by atoms with Gasteiger partial charge in [0.1, 0.15) is 5.76 Å². The van der Waals surface area contributed by atoms with E-state index in [1.807, 2.05) is 24.4 Å². The van der Waals surface area contributed by atoms with Crippen LogP contribution in [0.4, 0.5) is 0 Å². The maximum atomic E-state index is 12.0. The van der Waals surface area contributed by atoms with Gasteiger partial charge < -0.3 is 14.5 Å². The van der Waals surface area contributed by atoms with Crippen molar-refractivity contribution in [1.82, 2.24) is 10.3 Å². The predicted molar refractivity (Wildman–Crippen MR) is 80.2 cm³/mol. The molecule has 1 saturated heterocycles. The molecule has 0 radical (unpaired) electrons. The topological polar surface area (TPSA) is 64.4 Å². The fourth-order valence-corrected chi connectivity index (χ4v) is 2.99. The number of carbonyl (C=O) groups is 1. The highest BCUT2D eigenvalue weighted by Gasteiger charge is 2.18. The smallest absolute Gasteiger partial charge is 0.236 e. The van der Waals surface area contributed by atoms with Crippen molar-refractivity contribution in [1.29, 1.82) is 0 Å². The van der Waals surface area contributed by atoms with E-state index in [0.717, 1.165) is 24.3 Å². The summed E-state index contributed by atoms with van der Waals surface area (Å²) in [5.41, 5.74) is 0.697. The second-order valence-electron chi connectivity index (χ2n) is 5.12. The lowest BCUT2D eigenvalue weighted by atomic mass is 10.2. The van der Waals surface area contributed by atoms with Gasteiger partial charge in [-0.15, -0.1) is 11.3 Å². The molecule has 3 heterocycles. The summed E-state index contributed by atoms with van der Waals surface area (Å²) in [6, 6.07) is 3.91. The van der Waals surface area contributed by atoms with E-state index in [0.29, 0.717) is 23.9 Å². The summed E-state index contributed by atoms with van der Waals surface area (Å²) >= 11 is 1.57. The van der Waals surface area contributed by atoms with Crippen molar-refractivity contribution < 1.29 is 13.9 Å². The number of aromatic nitrogens is 1. The van der Waals surface area contributed by atoms with Crippen LogP contribution in [0.1, 0.15) is 24.3 Å². The Kier molecular flexibility index (Phi) is 4.36. The Morgan fingerprint density at radius 2 is 2.48 bits per heavy atom. The van der Waals surface area contributed by atoms with Crippen LogP contribution in [-0.4, -0.2) is 30.1 Å². The number of thiophene rings is 1. The lowest BCUT2D eigenvalue weighted by Crippen LogP contribution is -2.32. The fraction of sp³-hybridized carbons (Fsp3) is 0.467. The van der Waals surface area contributed by atoms with Gasteiger partial charge in [-0.2, -0.15) is 0 Å². The normalized spacial score (nSPS) is 18.0. The Labute approximate surface area is 127 Å². The van der Waals surface area contributed by atoms with Gasteiger partial charge in [0, 0.05) is 13.2 Å². The van der Waals surface area contributed by atoms with E-state index < -0.39 is 0 Å². The number of hydrogen-bond donors (Lipinski definition) is 1. The summed E-state index contributed by atoms with van der Waals surface area (Å²) in [6.45, 7) is 3.22. The lowest BCUT2D eigenvalue weighted by Gasteiger charge is -2.10. The largest absolute Gasteiger partial charge is 0.440 e. The van der Waals surface area contributed by atoms with Crippen molar-refractivity contribution in [3.05, 3.63) is 29.0 Å². The van der Waals surface area contributed by atoms with Crippen molar-refractivity contribution in [3.8, 4) is 10.8 Å². The molecule has 1 N–H and O–H groups in total. The Hall–Kier alpha value is -1.66. The van der Waals surface area contributed by atoms with E-state index in [4.69, 9.17) is 9.15 Å². The van der Waals surface area contributed by atoms with E-state index in [1.54, 1.807) is 11.3 Å². The third-order valence-electron chi connectivity index (χ3n) is 3.50. The van der Waals surface area contributed by atoms with E-state index in [9.17, 15) is 4.79 Å². The molecule has 0 saturated carbocycles. The number of ether oxygens (including phenoxy) is 1. The van der Waals surface area contributed by atoms with Gasteiger partial charge in [-0.05, 0) is 31.2 Å². The highest BCUT2D eigenvalue weighted by Crippen LogP contribution is 2.26. The average molecular weight is 306 g/mol. The molecule has 5 nitrogen and oxygen atoms in total. The zero-order valence-corrected chi connectivity index (χ0v) is 12.7. The summed E-state index contributed by atoms with van der Waals surface area (Å²) in [4.78, 5) is 17.4. The van der Waals surface area contributed by atoms with Crippen molar-refractivity contribution in [2.24, 2.45) is 0 Å². The predicted octanol–water partition coefficient (Wildman–Crippen LogP) is 2.55. The van der Waals surface area contributed by atoms with Gasteiger partial charge in [-0.25, -0.2) is 4.98 Å². The molecular formula is C15H18N2O3S. The van der Waals surface area contributed by atoms with Crippen LogP contribution in [-0.2, 0) is 16.0 Å². The second kappa shape index (κ2) is 6.41. The van der Waals surface area contributed by atoms with Gasteiger partial charge in [0.15, 0.2) is 0 Å². The summed E-state index contributed by atoms with van der Waals surface area (Å²) in [7, 11) is 0. The molecule has 2 aromatic heterocycles. The first kappa shape index (κ1) is 14.3. The van der Waals surface area contributed by atoms with E-state index in [1.165, 1.54) is 0 Å². The molecule has 0 unspecified atom stereocenters. The minimum atomic E-state index is -0.0420. The third-order valence-corrected chi connectivity index (χ3v) is 4.36. The van der Waals surface area contributed by atoms with Crippen LogP contribution < -0.4 is 5.32 Å². The molecule has 2 aromatic rings. The molecule has 3 rings (SSSR count). The molecule has 21 heavy (non-hydrogen) atoms. The summed E-state index contributed by atoms with van der Waals surface area (Å²) < 4.78 is 11.1. The quantitative estimate of drug-likeness (QED) is 0.922. The van der Waals surface area contributed by atoms with Crippen molar-refractivity contribution in [3.63, 3.8) is 0 Å². The van der Waals surface area contributed by atoms with Crippen LogP contribution in [0, 0.1) is 6.92 Å². The minimum absolute atomic E-state index is 0.0420. The third kappa shape index (κ3) is 3.51. The molecule has 0 aromatic carbocycles. The first-order valence-corrected chi connectivity index (χ1v) is 7.99. The van der Waals surface area contributed by atoms with E-state index in [-0.39, 0.29) is 18.4 Å². The molecule has 0 bridgehead atoms. The van der Waals surface area contributed by atoms with Crippen LogP contribution in [0.2, 0.25) is 0 Å². The molecule has 1 atom stereocenters. The van der Waals surface area contributed by atoms with Crippen molar-refractivity contribution in [2.75, 3.05) is 13.2 Å². The maximum absolute atomic E-state index is 12.0. The van der Waals surface area contributed by atoms with Crippen LogP contribution in [0.25, 0.3) is 10.8 Å². The second-order valence-corrected chi connectivity index (χ2v) is 6.06. The Balaban J connectivity index is 1.58. The molecule has 1 aliphatic rings. The Morgan fingerprint density at radius 3 is 3.19 bits per heavy atom. The van der Waals surface area contributed by atoms with Crippen LogP contribution in [0.5, 0.6) is 0 Å². The van der Waals surface area contributed by atoms with Crippen LogP contribution in [0.15, 0.2) is 21.9 Å². The van der Waals surface area contributed by atoms with Crippen LogP contribution in [0.3, 0.4) is 0 Å². The van der Waals surface area contributed by atoms with E-state index in [2.05, 4.69) is 10.3 Å². The molecule has 1 amide bonds. The SMILES string of the molecule is Cc1oc(-c2cccs2)nc1CC(=O)NC[C@@H]1CCCO1. The summed E-state index contributed by atoms with van der Waals surface area (Å²) in [5.74, 6) is 1.25. The molecular weight excluding hydrogens is 288 g/mol. The highest BCUT2D eigenvalue weighted by atomic mass is 32.1. The average Bonchev–Trinajstić information content (AvgIpc) is 3.18. The van der Waals surface area contributed by atoms with Crippen molar-refractivity contribution >= 4 is 17.2 Å². The minimum Gasteiger partial charge on any atom is -0.440 e. The van der Waals surface area contributed by atoms with Gasteiger partial charge in [-0.3, -0.25) is 4.79 Å². The summed E-state index contributed by atoms with van der Waals surface area (Å²) in [5, 5.41) is 4.88. The van der Waals surface area contributed by atoms with E-state index >= 15 is 0 Å². The molecule has 0 spiro atoms. The number of amides is 1. The summed E-state index contributed by atoms with van der Waals surface area (Å²) in [6.07, 6.45) is 2.50. The number of rotatable bonds is 5. The fourth-order valence-electron chi connectivity index (χ4n) is 2.35. The number of hydrogen-bond acceptors (Lipinski definition) is 5. The van der Waals surface area contributed by atoms with Crippen molar-refractivity contribution in [2.45, 2.75) is 32.3 Å². The van der Waals surface area contributed by atoms with Gasteiger partial charge >= 0.3 is 0 Å². The van der Waals surface area contributed by atoms with Gasteiger partial charge in [-0.1, -0.05) is 6.07 Å². The number of nitrogens with one attached hydrogen (secondary N) is 1. The van der Waals surface area contributed by atoms with Crippen LogP contribution >= 0.6 is 11.3 Å². The number of aryl methyl sites for hydroxylation is 1. The molecule has 112 valence electrons. The first-order valence-electron chi connectivity index (χ1n) is 7.11. The zero-order chi connectivity index (χ0) is 14.7. The first-order chi connectivity index (χ1) is 10.2. The maximum Gasteiger partial charge on any atom is 0.236 e. The Bertz CT molecular complexity index is 600. The Morgan fingerprint density at radius 1 is 1.57 bits per heavy atom. The molecule has 1 aliphatic heterocycles. The monoisotopic (exact) mass is 306 g/mol. The number of carbonyl (C=O) groups excluding carboxylic acids is 1. The zero-order valence-electron chi connectivity index (χ0n) is 11.9. The molecule has 6 heteroatoms.